The summed E-state index contributed by atoms with van der Waals surface area (Å²) in [6.45, 7) is 4.16. The van der Waals surface area contributed by atoms with Crippen molar-refractivity contribution in [3.05, 3.63) is 208 Å². The van der Waals surface area contributed by atoms with Crippen molar-refractivity contribution in [2.45, 2.75) is 109 Å². The Balaban J connectivity index is 1.12. The Labute approximate surface area is 399 Å². The highest BCUT2D eigenvalue weighted by molar-refractivity contribution is 5.86. The van der Waals surface area contributed by atoms with E-state index >= 15 is 0 Å². The molecule has 1 saturated heterocycles. The fraction of sp³-hybridized carbons (Fsp3) is 0.328. The summed E-state index contributed by atoms with van der Waals surface area (Å²) in [5, 5.41) is 0.568. The molecule has 1 aliphatic rings. The van der Waals surface area contributed by atoms with Crippen LogP contribution in [0.2, 0.25) is 0 Å². The van der Waals surface area contributed by atoms with E-state index in [1.165, 1.54) is 19.3 Å². The summed E-state index contributed by atoms with van der Waals surface area (Å²) >= 11 is 0. The molecule has 2 heterocycles. The summed E-state index contributed by atoms with van der Waals surface area (Å²) in [6.07, 6.45) is 2.67. The van der Waals surface area contributed by atoms with Crippen LogP contribution < -0.4 is 19.8 Å². The molecule has 1 fully saturated rings. The lowest BCUT2D eigenvalue weighted by atomic mass is 9.97. The molecular weight excluding hydrogens is 857 g/mol. The minimum Gasteiger partial charge on any atom is -0.484 e. The average molecular weight is 919 g/mol. The molecule has 0 saturated carbocycles. The molecular formula is C58H62O10. The first-order chi connectivity index (χ1) is 33.6. The number of unbranched alkanes of at least 4 members (excludes halogenated alkanes) is 5. The van der Waals surface area contributed by atoms with E-state index in [9.17, 15) is 4.79 Å². The lowest BCUT2D eigenvalue weighted by Gasteiger charge is -2.45. The molecule has 0 bridgehead atoms. The zero-order chi connectivity index (χ0) is 46.6. The molecule has 8 rings (SSSR count). The summed E-state index contributed by atoms with van der Waals surface area (Å²) < 4.78 is 59.4. The maximum absolute atomic E-state index is 13.8. The van der Waals surface area contributed by atoms with Crippen molar-refractivity contribution >= 4 is 11.0 Å². The molecule has 0 unspecified atom stereocenters. The number of hydrogen-bond acceptors (Lipinski definition) is 10. The molecule has 354 valence electrons. The van der Waals surface area contributed by atoms with Gasteiger partial charge in [-0.3, -0.25) is 0 Å². The molecule has 68 heavy (non-hydrogen) atoms. The van der Waals surface area contributed by atoms with Crippen molar-refractivity contribution < 1.29 is 42.3 Å². The first-order valence-electron chi connectivity index (χ1n) is 23.9. The van der Waals surface area contributed by atoms with Crippen LogP contribution in [0.1, 0.15) is 73.3 Å². The molecule has 0 spiro atoms. The first kappa shape index (κ1) is 48.2. The van der Waals surface area contributed by atoms with E-state index < -0.39 is 36.3 Å². The summed E-state index contributed by atoms with van der Waals surface area (Å²) in [5.74, 6) is 0.751. The summed E-state index contributed by atoms with van der Waals surface area (Å²) in [4.78, 5) is 13.8. The fourth-order valence-electron chi connectivity index (χ4n) is 8.24. The van der Waals surface area contributed by atoms with Crippen LogP contribution in [-0.4, -0.2) is 43.9 Å². The summed E-state index contributed by atoms with van der Waals surface area (Å²) in [5.41, 5.74) is 4.56. The Hall–Kier alpha value is -6.27. The molecule has 10 nitrogen and oxygen atoms in total. The van der Waals surface area contributed by atoms with Gasteiger partial charge >= 0.3 is 5.63 Å². The average Bonchev–Trinajstić information content (AvgIpc) is 3.38. The lowest BCUT2D eigenvalue weighted by Crippen LogP contribution is -2.62. The van der Waals surface area contributed by atoms with Gasteiger partial charge in [0.2, 0.25) is 12.0 Å². The zero-order valence-corrected chi connectivity index (χ0v) is 38.8. The summed E-state index contributed by atoms with van der Waals surface area (Å²) in [6, 6.07) is 55.1. The fourth-order valence-corrected chi connectivity index (χ4v) is 8.24. The Bertz CT molecular complexity index is 2570. The van der Waals surface area contributed by atoms with Crippen LogP contribution in [0, 0.1) is 0 Å². The van der Waals surface area contributed by atoms with Gasteiger partial charge in [-0.25, -0.2) is 4.79 Å². The molecule has 1 aliphatic heterocycles. The van der Waals surface area contributed by atoms with Crippen molar-refractivity contribution in [3.8, 4) is 17.2 Å². The number of ether oxygens (including phenoxy) is 8. The van der Waals surface area contributed by atoms with Crippen molar-refractivity contribution in [2.24, 2.45) is 0 Å². The minimum absolute atomic E-state index is 0.0546. The second-order valence-corrected chi connectivity index (χ2v) is 17.0. The quantitative estimate of drug-likeness (QED) is 0.0385. The van der Waals surface area contributed by atoms with Gasteiger partial charge in [0.25, 0.3) is 0 Å². The SMILES string of the molecule is CCCCCCCCOc1c(OCc2ccccc2)c2ccc(O[C@@H]3O[C@H](COCc4ccccc4)[C@H](OCc4ccccc4)[C@H](OCc4ccccc4)[C@H]3OCc3ccccc3)cc2oc1=O. The van der Waals surface area contributed by atoms with Gasteiger partial charge in [-0.1, -0.05) is 191 Å². The van der Waals surface area contributed by atoms with E-state index in [0.717, 1.165) is 47.1 Å². The van der Waals surface area contributed by atoms with Crippen molar-refractivity contribution in [1.29, 1.82) is 0 Å². The normalized spacial score (nSPS) is 18.0. The molecule has 6 aromatic carbocycles. The predicted molar refractivity (Wildman–Crippen MR) is 263 cm³/mol. The molecule has 0 aliphatic carbocycles. The Morgan fingerprint density at radius 2 is 0.985 bits per heavy atom. The number of fused-ring (bicyclic) bond motifs is 1. The molecule has 0 N–H and O–H groups in total. The third-order valence-corrected chi connectivity index (χ3v) is 11.9. The highest BCUT2D eigenvalue weighted by atomic mass is 16.7. The van der Waals surface area contributed by atoms with Crippen molar-refractivity contribution in [2.75, 3.05) is 13.2 Å². The summed E-state index contributed by atoms with van der Waals surface area (Å²) in [7, 11) is 0. The van der Waals surface area contributed by atoms with Gasteiger partial charge in [0.15, 0.2) is 5.75 Å². The van der Waals surface area contributed by atoms with Gasteiger partial charge < -0.3 is 42.3 Å². The highest BCUT2D eigenvalue weighted by Crippen LogP contribution is 2.37. The molecule has 0 radical (unpaired) electrons. The third-order valence-electron chi connectivity index (χ3n) is 11.9. The van der Waals surface area contributed by atoms with Crippen molar-refractivity contribution in [3.63, 3.8) is 0 Å². The van der Waals surface area contributed by atoms with Crippen LogP contribution in [0.3, 0.4) is 0 Å². The standard InChI is InChI=1S/C58H62O10/c1-2-3-4-5-6-22-35-61-55-52(62-38-44-25-14-8-15-26-44)49-34-33-48(36-50(49)67-57(55)59)66-58-56(65-41-47-31-20-11-21-32-47)54(64-40-46-29-18-10-19-30-46)53(63-39-45-27-16-9-17-28-45)51(68-58)42-60-37-43-23-12-7-13-24-43/h7-21,23-34,36,51,53-54,56,58H,2-6,22,35,37-42H2,1H3/t51-,53+,54+,56-,58-/m1/s1. The largest absolute Gasteiger partial charge is 0.484 e. The van der Waals surface area contributed by atoms with E-state index in [4.69, 9.17) is 42.3 Å². The number of rotatable bonds is 26. The molecule has 1 aromatic heterocycles. The third kappa shape index (κ3) is 13.9. The molecule has 7 aromatic rings. The monoisotopic (exact) mass is 918 g/mol. The van der Waals surface area contributed by atoms with Gasteiger partial charge in [0.05, 0.1) is 45.0 Å². The Morgan fingerprint density at radius 3 is 1.56 bits per heavy atom. The minimum atomic E-state index is -1.03. The zero-order valence-electron chi connectivity index (χ0n) is 38.8. The molecule has 10 heteroatoms. The first-order valence-corrected chi connectivity index (χ1v) is 23.9. The van der Waals surface area contributed by atoms with E-state index in [0.29, 0.717) is 36.7 Å². The number of hydrogen-bond donors (Lipinski definition) is 0. The van der Waals surface area contributed by atoms with E-state index in [-0.39, 0.29) is 37.8 Å². The molecule has 5 atom stereocenters. The van der Waals surface area contributed by atoms with E-state index in [1.807, 2.05) is 164 Å². The van der Waals surface area contributed by atoms with Gasteiger partial charge in [0.1, 0.15) is 42.4 Å². The van der Waals surface area contributed by atoms with Crippen LogP contribution in [0.4, 0.5) is 0 Å². The maximum atomic E-state index is 13.8. The predicted octanol–water partition coefficient (Wildman–Crippen LogP) is 12.2. The van der Waals surface area contributed by atoms with Gasteiger partial charge in [0, 0.05) is 6.07 Å². The van der Waals surface area contributed by atoms with Crippen LogP contribution >= 0.6 is 0 Å². The van der Waals surface area contributed by atoms with Gasteiger partial charge in [-0.05, 0) is 46.4 Å². The number of benzene rings is 6. The smallest absolute Gasteiger partial charge is 0.383 e. The Kier molecular flexibility index (Phi) is 18.3. The second kappa shape index (κ2) is 25.7. The lowest BCUT2D eigenvalue weighted by molar-refractivity contribution is -0.310. The van der Waals surface area contributed by atoms with Crippen LogP contribution in [0.15, 0.2) is 179 Å². The van der Waals surface area contributed by atoms with E-state index in [2.05, 4.69) is 6.92 Å². The highest BCUT2D eigenvalue weighted by Gasteiger charge is 2.50. The van der Waals surface area contributed by atoms with Gasteiger partial charge in [-0.2, -0.15) is 0 Å². The van der Waals surface area contributed by atoms with E-state index in [1.54, 1.807) is 6.07 Å². The maximum Gasteiger partial charge on any atom is 0.383 e. The molecule has 0 amide bonds. The van der Waals surface area contributed by atoms with Gasteiger partial charge in [-0.15, -0.1) is 0 Å². The topological polar surface area (TPSA) is 104 Å². The van der Waals surface area contributed by atoms with Crippen molar-refractivity contribution in [1.82, 2.24) is 0 Å². The van der Waals surface area contributed by atoms with Crippen LogP contribution in [-0.2, 0) is 56.7 Å². The second-order valence-electron chi connectivity index (χ2n) is 17.0. The van der Waals surface area contributed by atoms with Crippen LogP contribution in [0.5, 0.6) is 17.2 Å². The van der Waals surface area contributed by atoms with Crippen LogP contribution in [0.25, 0.3) is 11.0 Å². The Morgan fingerprint density at radius 1 is 0.485 bits per heavy atom.